The lowest BCUT2D eigenvalue weighted by atomic mass is 10.1. The summed E-state index contributed by atoms with van der Waals surface area (Å²) in [5.74, 6) is -0.791. The van der Waals surface area contributed by atoms with Gasteiger partial charge in [0.1, 0.15) is 48.3 Å². The number of hydrogen-bond donors (Lipinski definition) is 4. The average molecular weight is 661 g/mol. The van der Waals surface area contributed by atoms with Crippen molar-refractivity contribution in [3.8, 4) is 0 Å². The van der Waals surface area contributed by atoms with Crippen LogP contribution in [0.3, 0.4) is 0 Å². The van der Waals surface area contributed by atoms with Crippen LogP contribution in [0.15, 0.2) is 30.0 Å². The molecule has 7 rings (SSSR count). The van der Waals surface area contributed by atoms with Crippen LogP contribution in [-0.2, 0) is 39.4 Å². The van der Waals surface area contributed by atoms with E-state index in [4.69, 9.17) is 45.1 Å². The summed E-state index contributed by atoms with van der Waals surface area (Å²) in [5, 5.41) is 10.7. The van der Waals surface area contributed by atoms with E-state index in [2.05, 4.69) is 24.9 Å². The van der Waals surface area contributed by atoms with E-state index in [0.717, 1.165) is 17.1 Å². The third-order valence-electron chi connectivity index (χ3n) is 7.20. The van der Waals surface area contributed by atoms with Gasteiger partial charge in [-0.2, -0.15) is 0 Å². The zero-order valence-corrected chi connectivity index (χ0v) is 24.0. The van der Waals surface area contributed by atoms with Crippen molar-refractivity contribution >= 4 is 55.6 Å². The van der Waals surface area contributed by atoms with Crippen LogP contribution in [-0.4, -0.2) is 94.0 Å². The van der Waals surface area contributed by atoms with Gasteiger partial charge in [0, 0.05) is 6.20 Å². The van der Waals surface area contributed by atoms with Gasteiger partial charge in [0.05, 0.1) is 19.3 Å². The molecule has 3 aliphatic heterocycles. The highest BCUT2D eigenvalue weighted by Crippen LogP contribution is 2.47. The molecule has 228 valence electrons. The van der Waals surface area contributed by atoms with Gasteiger partial charge < -0.3 is 43.8 Å². The van der Waals surface area contributed by atoms with Gasteiger partial charge in [-0.1, -0.05) is 0 Å². The van der Waals surface area contributed by atoms with Gasteiger partial charge >= 0.3 is 15.8 Å². The molecule has 10 atom stereocenters. The smallest absolute Gasteiger partial charge is 0.387 e. The number of aliphatic hydroxyl groups excluding tert-OH is 1. The molecule has 3 fully saturated rings. The Kier molecular flexibility index (Phi) is 7.63. The summed E-state index contributed by atoms with van der Waals surface area (Å²) in [6.45, 7) is -0.768. The Balaban J connectivity index is 1.16. The lowest BCUT2D eigenvalue weighted by molar-refractivity contribution is -0.0563. The van der Waals surface area contributed by atoms with Crippen molar-refractivity contribution in [3.05, 3.63) is 41.3 Å². The Morgan fingerprint density at radius 3 is 2.77 bits per heavy atom. The van der Waals surface area contributed by atoms with E-state index in [-0.39, 0.29) is 34.6 Å². The number of aromatic amines is 1. The predicted molar refractivity (Wildman–Crippen MR) is 144 cm³/mol. The van der Waals surface area contributed by atoms with Crippen molar-refractivity contribution < 1.29 is 46.3 Å². The highest BCUT2D eigenvalue weighted by atomic mass is 32.4. The van der Waals surface area contributed by atoms with Crippen LogP contribution in [0.2, 0.25) is 0 Å². The number of H-pyrrole nitrogens is 1. The van der Waals surface area contributed by atoms with Gasteiger partial charge in [0.2, 0.25) is 11.8 Å². The van der Waals surface area contributed by atoms with Crippen LogP contribution < -0.4 is 11.3 Å². The quantitative estimate of drug-likeness (QED) is 0.216. The third-order valence-corrected chi connectivity index (χ3v) is 9.34. The molecule has 4 aromatic heterocycles. The van der Waals surface area contributed by atoms with Crippen LogP contribution >= 0.6 is 15.8 Å². The second-order valence-corrected chi connectivity index (χ2v) is 12.4. The SMILES string of the molecule is Nc1ncnc2c1ncn2[C@@H]1O[C@@H]2COP(O)O[C@@H]3[C@H](O)[C@@H](CO[P+](=S)O[C@H]2[C@H]1F)O[C@H]3n1cc(F)c2c(=O)[nH]cnc21. The van der Waals surface area contributed by atoms with Crippen LogP contribution in [0.5, 0.6) is 0 Å². The first-order chi connectivity index (χ1) is 20.7. The van der Waals surface area contributed by atoms with Crippen LogP contribution in [0.1, 0.15) is 12.5 Å². The maximum Gasteiger partial charge on any atom is 0.522 e. The van der Waals surface area contributed by atoms with E-state index in [1.807, 2.05) is 0 Å². The summed E-state index contributed by atoms with van der Waals surface area (Å²) in [6.07, 6.45) is -6.14. The number of hydrogen-bond acceptors (Lipinski definition) is 15. The third kappa shape index (κ3) is 5.01. The fourth-order valence-electron chi connectivity index (χ4n) is 5.21. The molecule has 0 amide bonds. The summed E-state index contributed by atoms with van der Waals surface area (Å²) in [6, 6.07) is 0. The molecule has 17 nitrogen and oxygen atoms in total. The van der Waals surface area contributed by atoms with Crippen LogP contribution in [0.4, 0.5) is 14.6 Å². The van der Waals surface area contributed by atoms with Crippen molar-refractivity contribution in [2.24, 2.45) is 0 Å². The predicted octanol–water partition coefficient (Wildman–Crippen LogP) is 0.590. The number of nitrogens with two attached hydrogens (primary N) is 1. The highest BCUT2D eigenvalue weighted by Gasteiger charge is 2.53. The first-order valence-corrected chi connectivity index (χ1v) is 15.9. The van der Waals surface area contributed by atoms with Gasteiger partial charge in [-0.25, -0.2) is 28.7 Å². The number of nitrogens with zero attached hydrogens (tertiary/aromatic N) is 6. The first kappa shape index (κ1) is 29.0. The monoisotopic (exact) mass is 661 g/mol. The largest absolute Gasteiger partial charge is 0.522 e. The zero-order valence-electron chi connectivity index (χ0n) is 21.4. The number of alkyl halides is 1. The standard InChI is InChI=1S/C21H20F2N8O9P2S/c22-7-1-30(17-10(7)19(33)28-5-26-17)21-15-13(32)8(37-21)2-36-42(43)40-14-9(3-35-41(34)39-15)38-20(11(14)23)31-6-29-12-16(24)25-4-27-18(12)31/h1,4-6,8-9,11,13-15,20-21,32,34H,2-3H2,(H2-,24,25,26,27,28,33)/p+1/t8-,9-,11-,13-,14-,15-,20-,21-,41?/m1/s1. The minimum atomic E-state index is -2.75. The molecule has 43 heavy (non-hydrogen) atoms. The Labute approximate surface area is 245 Å². The minimum Gasteiger partial charge on any atom is -0.387 e. The molecule has 2 unspecified atom stereocenters. The van der Waals surface area contributed by atoms with Crippen molar-refractivity contribution in [2.45, 2.75) is 49.1 Å². The lowest BCUT2D eigenvalue weighted by Gasteiger charge is -2.24. The van der Waals surface area contributed by atoms with Crippen molar-refractivity contribution in [1.29, 1.82) is 0 Å². The van der Waals surface area contributed by atoms with E-state index >= 15 is 4.39 Å². The highest BCUT2D eigenvalue weighted by molar-refractivity contribution is 8.00. The number of nitrogen functional groups attached to an aromatic ring is 1. The molecule has 3 aliphatic rings. The zero-order chi connectivity index (χ0) is 30.0. The maximum absolute atomic E-state index is 15.9. The molecule has 3 saturated heterocycles. The number of anilines is 1. The molecule has 2 bridgehead atoms. The molecular weight excluding hydrogens is 640 g/mol. The fraction of sp³-hybridized carbons (Fsp3) is 0.476. The van der Waals surface area contributed by atoms with Gasteiger partial charge in [-0.05, 0) is 0 Å². The lowest BCUT2D eigenvalue weighted by Crippen LogP contribution is -2.35. The molecule has 0 radical (unpaired) electrons. The summed E-state index contributed by atoms with van der Waals surface area (Å²) < 4.78 is 67.4. The Morgan fingerprint density at radius 1 is 1.12 bits per heavy atom. The van der Waals surface area contributed by atoms with Crippen molar-refractivity contribution in [1.82, 2.24) is 34.1 Å². The van der Waals surface area contributed by atoms with E-state index < -0.39 is 82.9 Å². The topological polar surface area (TPSA) is 216 Å². The molecule has 0 aromatic carbocycles. The number of fused-ring (bicyclic) bond motifs is 5. The minimum absolute atomic E-state index is 0.0898. The number of imidazole rings is 1. The van der Waals surface area contributed by atoms with Gasteiger partial charge in [0.15, 0.2) is 47.7 Å². The van der Waals surface area contributed by atoms with Crippen molar-refractivity contribution in [2.75, 3.05) is 18.9 Å². The Morgan fingerprint density at radius 2 is 1.93 bits per heavy atom. The molecule has 0 saturated carbocycles. The Bertz CT molecular complexity index is 1760. The van der Waals surface area contributed by atoms with Crippen LogP contribution in [0.25, 0.3) is 22.2 Å². The summed E-state index contributed by atoms with van der Waals surface area (Å²) in [4.78, 5) is 41.3. The molecule has 0 aliphatic carbocycles. The van der Waals surface area contributed by atoms with Crippen LogP contribution in [0, 0.1) is 5.82 Å². The second kappa shape index (κ2) is 11.3. The van der Waals surface area contributed by atoms with Gasteiger partial charge in [-0.3, -0.25) is 9.36 Å². The van der Waals surface area contributed by atoms with Gasteiger partial charge in [0.25, 0.3) is 5.56 Å². The molecule has 4 aromatic rings. The molecule has 22 heteroatoms. The summed E-state index contributed by atoms with van der Waals surface area (Å²) in [5.41, 5.74) is 5.50. The van der Waals surface area contributed by atoms with Gasteiger partial charge in [-0.15, -0.1) is 9.05 Å². The Hall–Kier alpha value is -2.74. The normalized spacial score (nSPS) is 34.6. The fourth-order valence-corrected chi connectivity index (χ4v) is 7.24. The number of aliphatic hydroxyl groups is 1. The van der Waals surface area contributed by atoms with E-state index in [0.29, 0.717) is 0 Å². The summed E-state index contributed by atoms with van der Waals surface area (Å²) in [7, 11) is -4.94. The number of ether oxygens (including phenoxy) is 2. The molecule has 0 spiro atoms. The van der Waals surface area contributed by atoms with Crippen molar-refractivity contribution in [3.63, 3.8) is 0 Å². The first-order valence-electron chi connectivity index (χ1n) is 12.6. The second-order valence-electron chi connectivity index (χ2n) is 9.66. The molecular formula is C21H21F2N8O9P2S+. The average Bonchev–Trinajstić information content (AvgIpc) is 3.71. The summed E-state index contributed by atoms with van der Waals surface area (Å²) >= 11 is 5.33. The van der Waals surface area contributed by atoms with E-state index in [1.165, 1.54) is 17.2 Å². The molecule has 5 N–H and O–H groups in total. The number of halogens is 2. The number of aromatic nitrogens is 7. The van der Waals surface area contributed by atoms with E-state index in [1.54, 1.807) is 0 Å². The number of nitrogens with one attached hydrogen (secondary N) is 1. The number of rotatable bonds is 2. The maximum atomic E-state index is 15.9. The molecule has 7 heterocycles. The van der Waals surface area contributed by atoms with E-state index in [9.17, 15) is 19.2 Å².